The number of benzene rings is 3. The van der Waals surface area contributed by atoms with Crippen molar-refractivity contribution in [3.63, 3.8) is 0 Å². The summed E-state index contributed by atoms with van der Waals surface area (Å²) in [6.45, 7) is 2.03. The van der Waals surface area contributed by atoms with Crippen LogP contribution in [0, 0.1) is 6.92 Å². The lowest BCUT2D eigenvalue weighted by atomic mass is 10.1. The van der Waals surface area contributed by atoms with Gasteiger partial charge in [0.15, 0.2) is 0 Å². The summed E-state index contributed by atoms with van der Waals surface area (Å²) >= 11 is 0. The number of nitrogens with one attached hydrogen (secondary N) is 1. The molecule has 0 saturated heterocycles. The Bertz CT molecular complexity index is 1050. The minimum atomic E-state index is -0.150. The van der Waals surface area contributed by atoms with Crippen LogP contribution in [0.3, 0.4) is 0 Å². The van der Waals surface area contributed by atoms with Crippen molar-refractivity contribution < 1.29 is 9.32 Å². The van der Waals surface area contributed by atoms with Crippen molar-refractivity contribution in [2.75, 3.05) is 5.32 Å². The number of anilines is 1. The molecule has 0 radical (unpaired) electrons. The van der Waals surface area contributed by atoms with Crippen LogP contribution in [0.1, 0.15) is 15.9 Å². The summed E-state index contributed by atoms with van der Waals surface area (Å²) in [5, 5.41) is 6.91. The van der Waals surface area contributed by atoms with E-state index in [-0.39, 0.29) is 5.91 Å². The van der Waals surface area contributed by atoms with Gasteiger partial charge in [-0.2, -0.15) is 4.98 Å². The van der Waals surface area contributed by atoms with Crippen LogP contribution in [0.15, 0.2) is 83.4 Å². The van der Waals surface area contributed by atoms with E-state index in [0.29, 0.717) is 23.0 Å². The molecule has 4 aromatic rings. The largest absolute Gasteiger partial charge is 0.334 e. The van der Waals surface area contributed by atoms with Crippen molar-refractivity contribution in [2.24, 2.45) is 0 Å². The maximum Gasteiger partial charge on any atom is 0.258 e. The number of nitrogens with zero attached hydrogens (tertiary/aromatic N) is 2. The summed E-state index contributed by atoms with van der Waals surface area (Å²) in [4.78, 5) is 16.7. The lowest BCUT2D eigenvalue weighted by Crippen LogP contribution is -2.11. The highest BCUT2D eigenvalue weighted by molar-refractivity contribution is 6.04. The maximum absolute atomic E-state index is 12.2. The van der Waals surface area contributed by atoms with Gasteiger partial charge in [-0.25, -0.2) is 0 Å². The van der Waals surface area contributed by atoms with Crippen LogP contribution in [0.4, 0.5) is 5.69 Å². The van der Waals surface area contributed by atoms with Gasteiger partial charge in [0.05, 0.1) is 0 Å². The molecule has 1 amide bonds. The fourth-order valence-electron chi connectivity index (χ4n) is 2.65. The number of aromatic nitrogens is 2. The number of amides is 1. The van der Waals surface area contributed by atoms with E-state index < -0.39 is 0 Å². The second-order valence-electron chi connectivity index (χ2n) is 6.19. The summed E-state index contributed by atoms with van der Waals surface area (Å²) < 4.78 is 5.38. The second kappa shape index (κ2) is 7.25. The summed E-state index contributed by atoms with van der Waals surface area (Å²) in [5.74, 6) is 0.834. The zero-order valence-electron chi connectivity index (χ0n) is 14.7. The Balaban J connectivity index is 1.49. The molecule has 1 heterocycles. The molecule has 0 spiro atoms. The minimum Gasteiger partial charge on any atom is -0.334 e. The highest BCUT2D eigenvalue weighted by Gasteiger charge is 2.11. The maximum atomic E-state index is 12.2. The molecule has 0 aliphatic heterocycles. The van der Waals surface area contributed by atoms with E-state index in [1.54, 1.807) is 12.1 Å². The molecule has 1 aromatic heterocycles. The van der Waals surface area contributed by atoms with Gasteiger partial charge in [0.1, 0.15) is 0 Å². The lowest BCUT2D eigenvalue weighted by molar-refractivity contribution is 0.102. The monoisotopic (exact) mass is 355 g/mol. The Kier molecular flexibility index (Phi) is 4.49. The van der Waals surface area contributed by atoms with Gasteiger partial charge in [0.25, 0.3) is 11.8 Å². The number of rotatable bonds is 4. The molecule has 0 saturated carbocycles. The summed E-state index contributed by atoms with van der Waals surface area (Å²) in [5.41, 5.74) is 4.18. The van der Waals surface area contributed by atoms with E-state index in [4.69, 9.17) is 4.52 Å². The topological polar surface area (TPSA) is 68.0 Å². The van der Waals surface area contributed by atoms with Crippen molar-refractivity contribution in [2.45, 2.75) is 6.92 Å². The zero-order chi connectivity index (χ0) is 18.6. The number of carbonyl (C=O) groups excluding carboxylic acids is 1. The number of carbonyl (C=O) groups is 1. The van der Waals surface area contributed by atoms with E-state index in [9.17, 15) is 4.79 Å². The van der Waals surface area contributed by atoms with E-state index in [1.165, 1.54) is 5.56 Å². The first kappa shape index (κ1) is 16.7. The summed E-state index contributed by atoms with van der Waals surface area (Å²) in [6, 6.07) is 24.3. The van der Waals surface area contributed by atoms with E-state index in [0.717, 1.165) is 11.1 Å². The standard InChI is InChI=1S/C22H17N3O2/c1-15-7-9-16(10-8-15)20-24-22(27-25-20)18-11-13-19(14-12-18)23-21(26)17-5-3-2-4-6-17/h2-14H,1H3,(H,23,26). The Morgan fingerprint density at radius 1 is 0.852 bits per heavy atom. The number of aryl methyl sites for hydroxylation is 1. The van der Waals surface area contributed by atoms with Gasteiger partial charge in [0.2, 0.25) is 5.82 Å². The molecule has 132 valence electrons. The van der Waals surface area contributed by atoms with Gasteiger partial charge >= 0.3 is 0 Å². The van der Waals surface area contributed by atoms with E-state index in [1.807, 2.05) is 73.7 Å². The highest BCUT2D eigenvalue weighted by atomic mass is 16.5. The first-order valence-electron chi connectivity index (χ1n) is 8.57. The molecule has 1 N–H and O–H groups in total. The van der Waals surface area contributed by atoms with Crippen LogP contribution in [-0.4, -0.2) is 16.0 Å². The van der Waals surface area contributed by atoms with Gasteiger partial charge in [-0.05, 0) is 43.3 Å². The molecule has 5 nitrogen and oxygen atoms in total. The van der Waals surface area contributed by atoms with Crippen molar-refractivity contribution in [3.8, 4) is 22.8 Å². The van der Waals surface area contributed by atoms with Crippen LogP contribution >= 0.6 is 0 Å². The fourth-order valence-corrected chi connectivity index (χ4v) is 2.65. The second-order valence-corrected chi connectivity index (χ2v) is 6.19. The molecular formula is C22H17N3O2. The third kappa shape index (κ3) is 3.77. The third-order valence-corrected chi connectivity index (χ3v) is 4.16. The van der Waals surface area contributed by atoms with Crippen LogP contribution in [0.25, 0.3) is 22.8 Å². The number of hydrogen-bond donors (Lipinski definition) is 1. The smallest absolute Gasteiger partial charge is 0.258 e. The molecule has 0 fully saturated rings. The normalized spacial score (nSPS) is 10.6. The first-order chi connectivity index (χ1) is 13.2. The molecule has 0 bridgehead atoms. The van der Waals surface area contributed by atoms with Gasteiger partial charge in [-0.1, -0.05) is 53.2 Å². The van der Waals surface area contributed by atoms with Gasteiger partial charge < -0.3 is 9.84 Å². The van der Waals surface area contributed by atoms with Crippen molar-refractivity contribution >= 4 is 11.6 Å². The lowest BCUT2D eigenvalue weighted by Gasteiger charge is -2.05. The van der Waals surface area contributed by atoms with Gasteiger partial charge in [-0.15, -0.1) is 0 Å². The van der Waals surface area contributed by atoms with Crippen LogP contribution in [0.5, 0.6) is 0 Å². The quantitative estimate of drug-likeness (QED) is 0.561. The van der Waals surface area contributed by atoms with Gasteiger partial charge in [0, 0.05) is 22.4 Å². The fraction of sp³-hybridized carbons (Fsp3) is 0.0455. The molecule has 3 aromatic carbocycles. The van der Waals surface area contributed by atoms with E-state index in [2.05, 4.69) is 15.5 Å². The Morgan fingerprint density at radius 2 is 1.52 bits per heavy atom. The molecule has 5 heteroatoms. The van der Waals surface area contributed by atoms with Crippen molar-refractivity contribution in [1.29, 1.82) is 0 Å². The van der Waals surface area contributed by atoms with Crippen molar-refractivity contribution in [3.05, 3.63) is 90.0 Å². The average Bonchev–Trinajstić information content (AvgIpc) is 3.20. The molecule has 0 atom stereocenters. The van der Waals surface area contributed by atoms with Crippen LogP contribution in [-0.2, 0) is 0 Å². The summed E-state index contributed by atoms with van der Waals surface area (Å²) in [6.07, 6.45) is 0. The average molecular weight is 355 g/mol. The zero-order valence-corrected chi connectivity index (χ0v) is 14.7. The first-order valence-corrected chi connectivity index (χ1v) is 8.57. The van der Waals surface area contributed by atoms with Crippen LogP contribution in [0.2, 0.25) is 0 Å². The highest BCUT2D eigenvalue weighted by Crippen LogP contribution is 2.24. The Morgan fingerprint density at radius 3 is 2.22 bits per heavy atom. The number of hydrogen-bond acceptors (Lipinski definition) is 4. The Labute approximate surface area is 156 Å². The van der Waals surface area contributed by atoms with Crippen molar-refractivity contribution in [1.82, 2.24) is 10.1 Å². The predicted octanol–water partition coefficient (Wildman–Crippen LogP) is 4.96. The molecule has 0 aliphatic rings. The molecule has 4 rings (SSSR count). The van der Waals surface area contributed by atoms with Gasteiger partial charge in [-0.3, -0.25) is 4.79 Å². The minimum absolute atomic E-state index is 0.150. The molecular weight excluding hydrogens is 338 g/mol. The summed E-state index contributed by atoms with van der Waals surface area (Å²) in [7, 11) is 0. The van der Waals surface area contributed by atoms with Crippen LogP contribution < -0.4 is 5.32 Å². The third-order valence-electron chi connectivity index (χ3n) is 4.16. The van der Waals surface area contributed by atoms with E-state index >= 15 is 0 Å². The molecule has 0 aliphatic carbocycles. The molecule has 0 unspecified atom stereocenters. The Hall–Kier alpha value is -3.73. The molecule has 27 heavy (non-hydrogen) atoms. The predicted molar refractivity (Wildman–Crippen MR) is 104 cm³/mol. The SMILES string of the molecule is Cc1ccc(-c2noc(-c3ccc(NC(=O)c4ccccc4)cc3)n2)cc1.